The van der Waals surface area contributed by atoms with Crippen molar-refractivity contribution >= 4 is 35.5 Å². The van der Waals surface area contributed by atoms with Gasteiger partial charge < -0.3 is 10.2 Å². The lowest BCUT2D eigenvalue weighted by molar-refractivity contribution is -0.142. The summed E-state index contributed by atoms with van der Waals surface area (Å²) < 4.78 is -0.126. The molecule has 90 valence electrons. The van der Waals surface area contributed by atoms with Crippen molar-refractivity contribution in [3.63, 3.8) is 0 Å². The molecule has 2 N–H and O–H groups in total. The number of aliphatic carboxylic acids is 2. The summed E-state index contributed by atoms with van der Waals surface area (Å²) in [4.78, 5) is 22.0. The fraction of sp³-hybridized carbons (Fsp3) is 0.273. The molecular formula is C11H10O4S2. The number of hydrogen-bond acceptors (Lipinski definition) is 4. The Hall–Kier alpha value is -1.14. The van der Waals surface area contributed by atoms with E-state index in [-0.39, 0.29) is 4.58 Å². The third-order valence-electron chi connectivity index (χ3n) is 2.37. The van der Waals surface area contributed by atoms with Crippen LogP contribution in [0.15, 0.2) is 30.3 Å². The van der Waals surface area contributed by atoms with Gasteiger partial charge in [0.25, 0.3) is 0 Å². The first-order valence-corrected chi connectivity index (χ1v) is 6.79. The summed E-state index contributed by atoms with van der Waals surface area (Å²) in [6.45, 7) is 0. The fourth-order valence-corrected chi connectivity index (χ4v) is 4.86. The Labute approximate surface area is 106 Å². The molecule has 2 unspecified atom stereocenters. The Kier molecular flexibility index (Phi) is 3.63. The summed E-state index contributed by atoms with van der Waals surface area (Å²) in [6.07, 6.45) is 0. The summed E-state index contributed by atoms with van der Waals surface area (Å²) in [7, 11) is 0. The second-order valence-corrected chi connectivity index (χ2v) is 6.33. The molecule has 0 radical (unpaired) electrons. The van der Waals surface area contributed by atoms with Crippen LogP contribution in [0.5, 0.6) is 0 Å². The average molecular weight is 270 g/mol. The van der Waals surface area contributed by atoms with Crippen LogP contribution in [0, 0.1) is 0 Å². The molecule has 0 bridgehead atoms. The second-order valence-electron chi connectivity index (χ2n) is 3.53. The van der Waals surface area contributed by atoms with E-state index in [1.54, 1.807) is 0 Å². The first kappa shape index (κ1) is 12.3. The van der Waals surface area contributed by atoms with Crippen LogP contribution in [-0.4, -0.2) is 32.7 Å². The van der Waals surface area contributed by atoms with E-state index in [1.165, 1.54) is 23.5 Å². The van der Waals surface area contributed by atoms with Gasteiger partial charge in [0.15, 0.2) is 0 Å². The number of thioether (sulfide) groups is 2. The standard InChI is InChI=1S/C11H10O4S2/c12-9(13)7-8(10(14)15)17-11(16-7)6-4-2-1-3-5-6/h1-5,7-8,11H,(H,12,13)(H,14,15). The summed E-state index contributed by atoms with van der Waals surface area (Å²) in [5, 5.41) is 16.2. The predicted octanol–water partition coefficient (Wildman–Crippen LogP) is 2.07. The maximum atomic E-state index is 11.0. The van der Waals surface area contributed by atoms with Crippen molar-refractivity contribution in [1.29, 1.82) is 0 Å². The van der Waals surface area contributed by atoms with E-state index in [0.717, 1.165) is 5.56 Å². The van der Waals surface area contributed by atoms with Gasteiger partial charge >= 0.3 is 11.9 Å². The normalized spacial score (nSPS) is 27.9. The Morgan fingerprint density at radius 1 is 0.941 bits per heavy atom. The molecule has 4 nitrogen and oxygen atoms in total. The quantitative estimate of drug-likeness (QED) is 0.876. The van der Waals surface area contributed by atoms with Gasteiger partial charge in [0.1, 0.15) is 10.5 Å². The Morgan fingerprint density at radius 3 is 1.82 bits per heavy atom. The van der Waals surface area contributed by atoms with E-state index in [1.807, 2.05) is 30.3 Å². The summed E-state index contributed by atoms with van der Waals surface area (Å²) in [5.74, 6) is -2.12. The highest BCUT2D eigenvalue weighted by Crippen LogP contribution is 2.53. The van der Waals surface area contributed by atoms with Crippen LogP contribution in [0.2, 0.25) is 0 Å². The van der Waals surface area contributed by atoms with E-state index in [2.05, 4.69) is 0 Å². The van der Waals surface area contributed by atoms with Gasteiger partial charge in [0.05, 0.1) is 4.58 Å². The number of carboxylic acid groups (broad SMARTS) is 2. The smallest absolute Gasteiger partial charge is 0.318 e. The van der Waals surface area contributed by atoms with Gasteiger partial charge in [-0.1, -0.05) is 30.3 Å². The van der Waals surface area contributed by atoms with Gasteiger partial charge in [0, 0.05) is 0 Å². The van der Waals surface area contributed by atoms with Gasteiger partial charge in [-0.15, -0.1) is 23.5 Å². The van der Waals surface area contributed by atoms with Gasteiger partial charge in [-0.25, -0.2) is 0 Å². The largest absolute Gasteiger partial charge is 0.480 e. The average Bonchev–Trinajstić information content (AvgIpc) is 2.75. The number of rotatable bonds is 3. The topological polar surface area (TPSA) is 74.6 Å². The molecule has 2 atom stereocenters. The Morgan fingerprint density at radius 2 is 1.41 bits per heavy atom. The molecule has 0 saturated carbocycles. The minimum Gasteiger partial charge on any atom is -0.480 e. The molecule has 1 fully saturated rings. The lowest BCUT2D eigenvalue weighted by Crippen LogP contribution is -2.31. The zero-order valence-corrected chi connectivity index (χ0v) is 10.3. The van der Waals surface area contributed by atoms with Gasteiger partial charge in [-0.05, 0) is 5.56 Å². The van der Waals surface area contributed by atoms with E-state index in [4.69, 9.17) is 10.2 Å². The maximum absolute atomic E-state index is 11.0. The van der Waals surface area contributed by atoms with Crippen molar-refractivity contribution < 1.29 is 19.8 Å². The molecule has 1 aliphatic rings. The molecule has 1 saturated heterocycles. The fourth-order valence-electron chi connectivity index (χ4n) is 1.58. The number of carbonyl (C=O) groups is 2. The lowest BCUT2D eigenvalue weighted by atomic mass is 10.2. The molecule has 1 heterocycles. The molecule has 17 heavy (non-hydrogen) atoms. The number of benzene rings is 1. The van der Waals surface area contributed by atoms with Crippen LogP contribution in [0.3, 0.4) is 0 Å². The molecule has 6 heteroatoms. The monoisotopic (exact) mass is 270 g/mol. The van der Waals surface area contributed by atoms with E-state index >= 15 is 0 Å². The number of carboxylic acids is 2. The highest BCUT2D eigenvalue weighted by atomic mass is 32.2. The highest BCUT2D eigenvalue weighted by molar-refractivity contribution is 8.21. The van der Waals surface area contributed by atoms with Crippen LogP contribution in [-0.2, 0) is 9.59 Å². The third kappa shape index (κ3) is 2.58. The van der Waals surface area contributed by atoms with Gasteiger partial charge in [-0.3, -0.25) is 9.59 Å². The predicted molar refractivity (Wildman–Crippen MR) is 67.2 cm³/mol. The van der Waals surface area contributed by atoms with Crippen molar-refractivity contribution in [3.05, 3.63) is 35.9 Å². The maximum Gasteiger partial charge on any atom is 0.318 e. The molecule has 1 aromatic carbocycles. The highest BCUT2D eigenvalue weighted by Gasteiger charge is 2.45. The molecule has 1 aromatic rings. The molecule has 0 aromatic heterocycles. The molecule has 2 rings (SSSR count). The van der Waals surface area contributed by atoms with Crippen molar-refractivity contribution in [3.8, 4) is 0 Å². The van der Waals surface area contributed by atoms with Crippen molar-refractivity contribution in [2.75, 3.05) is 0 Å². The van der Waals surface area contributed by atoms with Crippen LogP contribution in [0.4, 0.5) is 0 Å². The third-order valence-corrected chi connectivity index (χ3v) is 5.79. The van der Waals surface area contributed by atoms with Crippen molar-refractivity contribution in [2.24, 2.45) is 0 Å². The van der Waals surface area contributed by atoms with Gasteiger partial charge in [-0.2, -0.15) is 0 Å². The first-order valence-electron chi connectivity index (χ1n) is 4.91. The van der Waals surface area contributed by atoms with Gasteiger partial charge in [0.2, 0.25) is 0 Å². The van der Waals surface area contributed by atoms with Crippen LogP contribution in [0.25, 0.3) is 0 Å². The summed E-state index contributed by atoms with van der Waals surface area (Å²) in [5.41, 5.74) is 0.956. The molecule has 0 aliphatic carbocycles. The molecule has 1 aliphatic heterocycles. The Balaban J connectivity index is 2.20. The van der Waals surface area contributed by atoms with E-state index in [9.17, 15) is 9.59 Å². The van der Waals surface area contributed by atoms with E-state index < -0.39 is 22.4 Å². The summed E-state index contributed by atoms with van der Waals surface area (Å²) >= 11 is 2.38. The first-order chi connectivity index (χ1) is 8.09. The minimum atomic E-state index is -1.06. The lowest BCUT2D eigenvalue weighted by Gasteiger charge is -2.07. The number of hydrogen-bond donors (Lipinski definition) is 2. The second kappa shape index (κ2) is 5.01. The Bertz CT molecular complexity index is 412. The summed E-state index contributed by atoms with van der Waals surface area (Å²) in [6, 6.07) is 9.36. The van der Waals surface area contributed by atoms with Crippen molar-refractivity contribution in [1.82, 2.24) is 0 Å². The molecular weight excluding hydrogens is 260 g/mol. The SMILES string of the molecule is O=C(O)C1SC(c2ccccc2)SC1C(=O)O. The van der Waals surface area contributed by atoms with E-state index in [0.29, 0.717) is 0 Å². The molecule has 0 spiro atoms. The van der Waals surface area contributed by atoms with Crippen molar-refractivity contribution in [2.45, 2.75) is 15.1 Å². The van der Waals surface area contributed by atoms with Crippen LogP contribution in [0.1, 0.15) is 10.1 Å². The zero-order valence-electron chi connectivity index (χ0n) is 8.65. The molecule has 0 amide bonds. The minimum absolute atomic E-state index is 0.126. The van der Waals surface area contributed by atoms with Crippen LogP contribution >= 0.6 is 23.5 Å². The van der Waals surface area contributed by atoms with Crippen LogP contribution < -0.4 is 0 Å². The zero-order chi connectivity index (χ0) is 12.4.